The SMILES string of the molecule is C=C1CC[C@H](C)[C@H]2CCC(O)=C2C1. The molecule has 0 saturated heterocycles. The van der Waals surface area contributed by atoms with Gasteiger partial charge in [-0.25, -0.2) is 0 Å². The highest BCUT2D eigenvalue weighted by atomic mass is 16.3. The molecule has 1 nitrogen and oxygen atoms in total. The molecule has 0 heterocycles. The third-order valence-electron chi connectivity index (χ3n) is 3.59. The summed E-state index contributed by atoms with van der Waals surface area (Å²) in [7, 11) is 0. The van der Waals surface area contributed by atoms with Crippen molar-refractivity contribution >= 4 is 0 Å². The molecule has 0 aromatic heterocycles. The number of allylic oxidation sites excluding steroid dienone is 3. The van der Waals surface area contributed by atoms with Gasteiger partial charge in [-0.1, -0.05) is 19.1 Å². The van der Waals surface area contributed by atoms with Crippen LogP contribution >= 0.6 is 0 Å². The molecule has 1 fully saturated rings. The van der Waals surface area contributed by atoms with Crippen LogP contribution in [0.4, 0.5) is 0 Å². The summed E-state index contributed by atoms with van der Waals surface area (Å²) in [4.78, 5) is 0. The van der Waals surface area contributed by atoms with Crippen molar-refractivity contribution in [3.8, 4) is 0 Å². The van der Waals surface area contributed by atoms with Crippen LogP contribution in [0.25, 0.3) is 0 Å². The van der Waals surface area contributed by atoms with Crippen molar-refractivity contribution in [1.82, 2.24) is 0 Å². The molecule has 2 rings (SSSR count). The van der Waals surface area contributed by atoms with E-state index in [1.165, 1.54) is 17.6 Å². The second-order valence-electron chi connectivity index (χ2n) is 4.56. The predicted octanol–water partition coefficient (Wildman–Crippen LogP) is 3.58. The van der Waals surface area contributed by atoms with Gasteiger partial charge in [0.15, 0.2) is 0 Å². The molecule has 0 aromatic rings. The lowest BCUT2D eigenvalue weighted by atomic mass is 9.87. The summed E-state index contributed by atoms with van der Waals surface area (Å²) in [6, 6.07) is 0. The molecule has 1 saturated carbocycles. The maximum absolute atomic E-state index is 9.72. The zero-order chi connectivity index (χ0) is 9.42. The smallest absolute Gasteiger partial charge is 0.0920 e. The van der Waals surface area contributed by atoms with Crippen LogP contribution in [-0.2, 0) is 0 Å². The van der Waals surface area contributed by atoms with Gasteiger partial charge in [0.25, 0.3) is 0 Å². The number of fused-ring (bicyclic) bond motifs is 1. The lowest BCUT2D eigenvalue weighted by molar-refractivity contribution is 0.386. The molecule has 0 aliphatic heterocycles. The van der Waals surface area contributed by atoms with Gasteiger partial charge in [0.1, 0.15) is 0 Å². The summed E-state index contributed by atoms with van der Waals surface area (Å²) in [5, 5.41) is 9.72. The Balaban J connectivity index is 2.27. The summed E-state index contributed by atoms with van der Waals surface area (Å²) in [6.45, 7) is 6.37. The predicted molar refractivity (Wildman–Crippen MR) is 54.5 cm³/mol. The van der Waals surface area contributed by atoms with Crippen molar-refractivity contribution in [2.24, 2.45) is 11.8 Å². The van der Waals surface area contributed by atoms with E-state index in [1.807, 2.05) is 0 Å². The minimum Gasteiger partial charge on any atom is -0.512 e. The van der Waals surface area contributed by atoms with E-state index in [-0.39, 0.29) is 0 Å². The van der Waals surface area contributed by atoms with Gasteiger partial charge in [-0.05, 0) is 43.1 Å². The van der Waals surface area contributed by atoms with Crippen LogP contribution < -0.4 is 0 Å². The molecule has 1 heteroatoms. The van der Waals surface area contributed by atoms with Crippen LogP contribution in [0.3, 0.4) is 0 Å². The monoisotopic (exact) mass is 178 g/mol. The normalized spacial score (nSPS) is 34.7. The van der Waals surface area contributed by atoms with E-state index in [0.29, 0.717) is 11.7 Å². The number of rotatable bonds is 0. The molecule has 0 aromatic carbocycles. The van der Waals surface area contributed by atoms with Crippen molar-refractivity contribution in [3.05, 3.63) is 23.5 Å². The van der Waals surface area contributed by atoms with Gasteiger partial charge in [-0.3, -0.25) is 0 Å². The van der Waals surface area contributed by atoms with Gasteiger partial charge in [0, 0.05) is 6.42 Å². The highest BCUT2D eigenvalue weighted by molar-refractivity contribution is 5.25. The van der Waals surface area contributed by atoms with Crippen LogP contribution in [0.5, 0.6) is 0 Å². The van der Waals surface area contributed by atoms with E-state index in [4.69, 9.17) is 0 Å². The fourth-order valence-electron chi connectivity index (χ4n) is 2.69. The number of aliphatic hydroxyl groups excluding tert-OH is 1. The number of aliphatic hydroxyl groups is 1. The quantitative estimate of drug-likeness (QED) is 0.562. The molecule has 0 bridgehead atoms. The topological polar surface area (TPSA) is 20.2 Å². The Labute approximate surface area is 80.2 Å². The van der Waals surface area contributed by atoms with E-state index >= 15 is 0 Å². The molecule has 0 radical (unpaired) electrons. The maximum Gasteiger partial charge on any atom is 0.0920 e. The Morgan fingerprint density at radius 3 is 2.85 bits per heavy atom. The van der Waals surface area contributed by atoms with Crippen molar-refractivity contribution in [2.45, 2.75) is 39.0 Å². The van der Waals surface area contributed by atoms with Gasteiger partial charge in [0.05, 0.1) is 5.76 Å². The lowest BCUT2D eigenvalue weighted by Gasteiger charge is -2.17. The van der Waals surface area contributed by atoms with Crippen molar-refractivity contribution in [3.63, 3.8) is 0 Å². The summed E-state index contributed by atoms with van der Waals surface area (Å²) >= 11 is 0. The summed E-state index contributed by atoms with van der Waals surface area (Å²) in [6.07, 6.45) is 5.42. The first kappa shape index (κ1) is 8.86. The van der Waals surface area contributed by atoms with Crippen LogP contribution in [0, 0.1) is 11.8 Å². The van der Waals surface area contributed by atoms with Crippen molar-refractivity contribution in [1.29, 1.82) is 0 Å². The van der Waals surface area contributed by atoms with Crippen LogP contribution in [0.15, 0.2) is 23.5 Å². The summed E-state index contributed by atoms with van der Waals surface area (Å²) in [5.74, 6) is 2.05. The first-order valence-corrected chi connectivity index (χ1v) is 5.26. The average Bonchev–Trinajstić information content (AvgIpc) is 2.37. The second kappa shape index (κ2) is 3.21. The molecule has 2 aliphatic carbocycles. The van der Waals surface area contributed by atoms with Crippen LogP contribution in [0.1, 0.15) is 39.0 Å². The number of hydrogen-bond acceptors (Lipinski definition) is 1. The third kappa shape index (κ3) is 1.52. The molecule has 2 aliphatic rings. The molecule has 2 atom stereocenters. The average molecular weight is 178 g/mol. The Morgan fingerprint density at radius 1 is 1.31 bits per heavy atom. The first-order valence-electron chi connectivity index (χ1n) is 5.26. The maximum atomic E-state index is 9.72. The van der Waals surface area contributed by atoms with Gasteiger partial charge < -0.3 is 5.11 Å². The fraction of sp³-hybridized carbons (Fsp3) is 0.667. The largest absolute Gasteiger partial charge is 0.512 e. The lowest BCUT2D eigenvalue weighted by Crippen LogP contribution is -2.08. The van der Waals surface area contributed by atoms with Crippen LogP contribution in [-0.4, -0.2) is 5.11 Å². The highest BCUT2D eigenvalue weighted by Gasteiger charge is 2.31. The van der Waals surface area contributed by atoms with E-state index in [9.17, 15) is 5.11 Å². The Kier molecular flexibility index (Phi) is 2.19. The van der Waals surface area contributed by atoms with Gasteiger partial charge >= 0.3 is 0 Å². The zero-order valence-electron chi connectivity index (χ0n) is 8.34. The Bertz CT molecular complexity index is 262. The van der Waals surface area contributed by atoms with E-state index in [0.717, 1.165) is 31.6 Å². The molecular formula is C12H18O. The molecule has 13 heavy (non-hydrogen) atoms. The summed E-state index contributed by atoms with van der Waals surface area (Å²) < 4.78 is 0. The molecule has 0 spiro atoms. The Hall–Kier alpha value is -0.720. The van der Waals surface area contributed by atoms with Crippen molar-refractivity contribution in [2.75, 3.05) is 0 Å². The van der Waals surface area contributed by atoms with Crippen molar-refractivity contribution < 1.29 is 5.11 Å². The van der Waals surface area contributed by atoms with E-state index < -0.39 is 0 Å². The first-order chi connectivity index (χ1) is 6.18. The number of hydrogen-bond donors (Lipinski definition) is 1. The van der Waals surface area contributed by atoms with Gasteiger partial charge in [-0.2, -0.15) is 0 Å². The Morgan fingerprint density at radius 2 is 2.08 bits per heavy atom. The second-order valence-corrected chi connectivity index (χ2v) is 4.56. The summed E-state index contributed by atoms with van der Waals surface area (Å²) in [5.41, 5.74) is 2.60. The van der Waals surface area contributed by atoms with Gasteiger partial charge in [-0.15, -0.1) is 0 Å². The van der Waals surface area contributed by atoms with Gasteiger partial charge in [0.2, 0.25) is 0 Å². The van der Waals surface area contributed by atoms with E-state index in [1.54, 1.807) is 0 Å². The molecular weight excluding hydrogens is 160 g/mol. The zero-order valence-corrected chi connectivity index (χ0v) is 8.34. The molecule has 0 amide bonds. The van der Waals surface area contributed by atoms with Crippen LogP contribution in [0.2, 0.25) is 0 Å². The molecule has 1 N–H and O–H groups in total. The highest BCUT2D eigenvalue weighted by Crippen LogP contribution is 2.43. The minimum absolute atomic E-state index is 0.652. The third-order valence-corrected chi connectivity index (χ3v) is 3.59. The molecule has 0 unspecified atom stereocenters. The minimum atomic E-state index is 0.652. The standard InChI is InChI=1S/C12H18O/c1-8-3-4-9(2)10-5-6-12(13)11(10)7-8/h9-10,13H,1,3-7H2,2H3/t9-,10+/m0/s1. The molecule has 72 valence electrons. The van der Waals surface area contributed by atoms with E-state index in [2.05, 4.69) is 13.5 Å². The fourth-order valence-corrected chi connectivity index (χ4v) is 2.69.